The van der Waals surface area contributed by atoms with Crippen LogP contribution in [0.2, 0.25) is 0 Å². The summed E-state index contributed by atoms with van der Waals surface area (Å²) >= 11 is 5.97. The molecule has 96 valence electrons. The Kier molecular flexibility index (Phi) is 5.26. The number of hydrogen-bond acceptors (Lipinski definition) is 2. The number of halogens is 2. The Morgan fingerprint density at radius 2 is 2.22 bits per heavy atom. The van der Waals surface area contributed by atoms with Gasteiger partial charge in [0.25, 0.3) is 0 Å². The maximum absolute atomic E-state index is 5.21. The van der Waals surface area contributed by atoms with Gasteiger partial charge in [0.05, 0.1) is 18.6 Å². The Hall–Kier alpha value is -0.330. The van der Waals surface area contributed by atoms with Crippen LogP contribution < -0.4 is 5.32 Å². The smallest absolute Gasteiger partial charge is 0.0953 e. The van der Waals surface area contributed by atoms with Crippen molar-refractivity contribution in [3.8, 4) is 0 Å². The minimum Gasteiger partial charge on any atom is -0.472 e. The lowest BCUT2D eigenvalue weighted by Gasteiger charge is -2.19. The van der Waals surface area contributed by atoms with E-state index in [-0.39, 0.29) is 6.04 Å². The predicted molar refractivity (Wildman–Crippen MR) is 85.7 cm³/mol. The SMILES string of the molecule is CCCNC(c1ccoc1)c1cc(I)ccc1Br. The normalized spacial score (nSPS) is 12.6. The Labute approximate surface area is 129 Å². The topological polar surface area (TPSA) is 25.2 Å². The first-order chi connectivity index (χ1) is 8.72. The predicted octanol–water partition coefficient (Wildman–Crippen LogP) is 4.74. The third-order valence-corrected chi connectivity index (χ3v) is 4.14. The van der Waals surface area contributed by atoms with E-state index >= 15 is 0 Å². The van der Waals surface area contributed by atoms with E-state index in [1.54, 1.807) is 12.5 Å². The van der Waals surface area contributed by atoms with E-state index in [0.29, 0.717) is 0 Å². The van der Waals surface area contributed by atoms with E-state index in [0.717, 1.165) is 23.0 Å². The molecule has 4 heteroatoms. The molecule has 0 aliphatic carbocycles. The van der Waals surface area contributed by atoms with Gasteiger partial charge in [-0.2, -0.15) is 0 Å². The first kappa shape index (κ1) is 14.1. The molecule has 1 aromatic carbocycles. The minimum atomic E-state index is 0.174. The van der Waals surface area contributed by atoms with Crippen LogP contribution in [0.4, 0.5) is 0 Å². The molecule has 0 saturated carbocycles. The maximum atomic E-state index is 5.21. The quantitative estimate of drug-likeness (QED) is 0.708. The largest absolute Gasteiger partial charge is 0.472 e. The lowest BCUT2D eigenvalue weighted by Crippen LogP contribution is -2.23. The van der Waals surface area contributed by atoms with Crippen LogP contribution in [0.3, 0.4) is 0 Å². The Bertz CT molecular complexity index is 499. The number of nitrogens with one attached hydrogen (secondary N) is 1. The van der Waals surface area contributed by atoms with Crippen LogP contribution >= 0.6 is 38.5 Å². The van der Waals surface area contributed by atoms with Crippen LogP contribution in [0.5, 0.6) is 0 Å². The summed E-state index contributed by atoms with van der Waals surface area (Å²) in [6, 6.07) is 8.58. The molecule has 0 aliphatic heterocycles. The highest BCUT2D eigenvalue weighted by Gasteiger charge is 2.17. The van der Waals surface area contributed by atoms with Crippen LogP contribution in [0, 0.1) is 3.57 Å². The highest BCUT2D eigenvalue weighted by Crippen LogP contribution is 2.30. The molecule has 0 amide bonds. The second-order valence-corrected chi connectivity index (χ2v) is 6.21. The summed E-state index contributed by atoms with van der Waals surface area (Å²) in [5, 5.41) is 3.56. The molecule has 1 N–H and O–H groups in total. The minimum absolute atomic E-state index is 0.174. The van der Waals surface area contributed by atoms with Crippen molar-refractivity contribution in [2.75, 3.05) is 6.54 Å². The van der Waals surface area contributed by atoms with Gasteiger partial charge in [-0.05, 0) is 65.4 Å². The fourth-order valence-corrected chi connectivity index (χ4v) is 2.86. The molecular formula is C14H15BrINO. The summed E-state index contributed by atoms with van der Waals surface area (Å²) in [7, 11) is 0. The van der Waals surface area contributed by atoms with Gasteiger partial charge in [0, 0.05) is 13.6 Å². The van der Waals surface area contributed by atoms with Crippen molar-refractivity contribution in [3.05, 3.63) is 56.0 Å². The number of rotatable bonds is 5. The highest BCUT2D eigenvalue weighted by atomic mass is 127. The van der Waals surface area contributed by atoms with Gasteiger partial charge in [0.15, 0.2) is 0 Å². The van der Waals surface area contributed by atoms with Crippen molar-refractivity contribution >= 4 is 38.5 Å². The fraction of sp³-hybridized carbons (Fsp3) is 0.286. The molecule has 2 rings (SSSR count). The van der Waals surface area contributed by atoms with Crippen molar-refractivity contribution in [1.82, 2.24) is 5.32 Å². The zero-order valence-corrected chi connectivity index (χ0v) is 13.9. The van der Waals surface area contributed by atoms with Gasteiger partial charge < -0.3 is 9.73 Å². The molecule has 1 aromatic heterocycles. The van der Waals surface area contributed by atoms with E-state index in [1.807, 2.05) is 6.07 Å². The summed E-state index contributed by atoms with van der Waals surface area (Å²) in [6.45, 7) is 3.15. The van der Waals surface area contributed by atoms with Gasteiger partial charge in [-0.15, -0.1) is 0 Å². The van der Waals surface area contributed by atoms with Gasteiger partial charge in [-0.3, -0.25) is 0 Å². The van der Waals surface area contributed by atoms with Crippen LogP contribution in [0.15, 0.2) is 45.7 Å². The number of furan rings is 1. The monoisotopic (exact) mass is 419 g/mol. The summed E-state index contributed by atoms with van der Waals surface area (Å²) in [5.41, 5.74) is 2.41. The average molecular weight is 420 g/mol. The molecule has 0 spiro atoms. The molecule has 0 bridgehead atoms. The maximum Gasteiger partial charge on any atom is 0.0953 e. The summed E-state index contributed by atoms with van der Waals surface area (Å²) in [6.07, 6.45) is 4.63. The van der Waals surface area contributed by atoms with E-state index in [4.69, 9.17) is 4.42 Å². The van der Waals surface area contributed by atoms with Crippen molar-refractivity contribution in [3.63, 3.8) is 0 Å². The van der Waals surface area contributed by atoms with E-state index in [2.05, 4.69) is 69.0 Å². The molecule has 0 fully saturated rings. The highest BCUT2D eigenvalue weighted by molar-refractivity contribution is 14.1. The molecular weight excluding hydrogens is 405 g/mol. The molecule has 0 saturated heterocycles. The summed E-state index contributed by atoms with van der Waals surface area (Å²) < 4.78 is 7.57. The number of hydrogen-bond donors (Lipinski definition) is 1. The van der Waals surface area contributed by atoms with Gasteiger partial charge in [-0.1, -0.05) is 22.9 Å². The van der Waals surface area contributed by atoms with E-state index in [1.165, 1.54) is 9.13 Å². The Balaban J connectivity index is 2.36. The number of benzene rings is 1. The van der Waals surface area contributed by atoms with Crippen molar-refractivity contribution < 1.29 is 4.42 Å². The Morgan fingerprint density at radius 1 is 1.39 bits per heavy atom. The molecule has 1 unspecified atom stereocenters. The van der Waals surface area contributed by atoms with Gasteiger partial charge in [0.2, 0.25) is 0 Å². The van der Waals surface area contributed by atoms with Gasteiger partial charge in [0.1, 0.15) is 0 Å². The Morgan fingerprint density at radius 3 is 2.89 bits per heavy atom. The molecule has 18 heavy (non-hydrogen) atoms. The van der Waals surface area contributed by atoms with Crippen molar-refractivity contribution in [2.45, 2.75) is 19.4 Å². The molecule has 1 atom stereocenters. The van der Waals surface area contributed by atoms with Gasteiger partial charge >= 0.3 is 0 Å². The third kappa shape index (κ3) is 3.36. The molecule has 1 heterocycles. The van der Waals surface area contributed by atoms with Gasteiger partial charge in [-0.25, -0.2) is 0 Å². The molecule has 0 aliphatic rings. The van der Waals surface area contributed by atoms with Crippen LogP contribution in [0.1, 0.15) is 30.5 Å². The standard InChI is InChI=1S/C14H15BrINO/c1-2-6-17-14(10-5-7-18-9-10)12-8-11(16)3-4-13(12)15/h3-5,7-9,14,17H,2,6H2,1H3. The average Bonchev–Trinajstić information content (AvgIpc) is 2.88. The first-order valence-corrected chi connectivity index (χ1v) is 7.80. The lowest BCUT2D eigenvalue weighted by molar-refractivity contribution is 0.548. The second kappa shape index (κ2) is 6.73. The second-order valence-electron chi connectivity index (χ2n) is 4.11. The van der Waals surface area contributed by atoms with Crippen molar-refractivity contribution in [1.29, 1.82) is 0 Å². The first-order valence-electron chi connectivity index (χ1n) is 5.92. The summed E-state index contributed by atoms with van der Waals surface area (Å²) in [4.78, 5) is 0. The van der Waals surface area contributed by atoms with E-state index < -0.39 is 0 Å². The summed E-state index contributed by atoms with van der Waals surface area (Å²) in [5.74, 6) is 0. The molecule has 2 aromatic rings. The van der Waals surface area contributed by atoms with Crippen LogP contribution in [0.25, 0.3) is 0 Å². The third-order valence-electron chi connectivity index (χ3n) is 2.74. The molecule has 0 radical (unpaired) electrons. The van der Waals surface area contributed by atoms with Crippen molar-refractivity contribution in [2.24, 2.45) is 0 Å². The zero-order valence-electron chi connectivity index (χ0n) is 10.1. The lowest BCUT2D eigenvalue weighted by atomic mass is 10.0. The zero-order chi connectivity index (χ0) is 13.0. The van der Waals surface area contributed by atoms with E-state index in [9.17, 15) is 0 Å². The molecule has 2 nitrogen and oxygen atoms in total. The van der Waals surface area contributed by atoms with Crippen LogP contribution in [-0.4, -0.2) is 6.54 Å². The fourth-order valence-electron chi connectivity index (χ4n) is 1.87. The van der Waals surface area contributed by atoms with Crippen LogP contribution in [-0.2, 0) is 0 Å².